The van der Waals surface area contributed by atoms with E-state index in [2.05, 4.69) is 215 Å². The van der Waals surface area contributed by atoms with Crippen molar-refractivity contribution in [3.8, 4) is 0 Å². The van der Waals surface area contributed by atoms with Gasteiger partial charge in [0.15, 0.2) is 6.10 Å². The molecule has 0 amide bonds. The number of hydrogen-bond acceptors (Lipinski definition) is 6. The van der Waals surface area contributed by atoms with Gasteiger partial charge < -0.3 is 14.2 Å². The Hall–Kier alpha value is -5.75. The summed E-state index contributed by atoms with van der Waals surface area (Å²) in [6, 6.07) is 0. The molecule has 0 aliphatic carbocycles. The molecule has 6 nitrogen and oxygen atoms in total. The molecule has 0 aromatic rings. The highest BCUT2D eigenvalue weighted by Gasteiger charge is 2.19. The smallest absolute Gasteiger partial charge is 0.306 e. The molecule has 0 rings (SSSR count). The molecule has 456 valence electrons. The van der Waals surface area contributed by atoms with Crippen LogP contribution in [0.3, 0.4) is 0 Å². The van der Waals surface area contributed by atoms with Crippen LogP contribution in [0.1, 0.15) is 245 Å². The number of rotatable bonds is 56. The molecule has 0 heterocycles. The number of unbranched alkanes of at least 4 members (excludes halogenated alkanes) is 13. The Kier molecular flexibility index (Phi) is 63.0. The van der Waals surface area contributed by atoms with Gasteiger partial charge in [0, 0.05) is 19.3 Å². The molecule has 0 aromatic carbocycles. The molecule has 0 aliphatic heterocycles. The Labute approximate surface area is 503 Å². The molecule has 1 unspecified atom stereocenters. The third-order valence-corrected chi connectivity index (χ3v) is 12.8. The van der Waals surface area contributed by atoms with Crippen LogP contribution in [-0.2, 0) is 28.6 Å². The highest BCUT2D eigenvalue weighted by atomic mass is 16.6. The van der Waals surface area contributed by atoms with E-state index in [9.17, 15) is 14.4 Å². The van der Waals surface area contributed by atoms with Crippen molar-refractivity contribution in [3.63, 3.8) is 0 Å². The molecule has 0 fully saturated rings. The number of esters is 3. The van der Waals surface area contributed by atoms with Gasteiger partial charge in [0.1, 0.15) is 13.2 Å². The van der Waals surface area contributed by atoms with Gasteiger partial charge in [0.05, 0.1) is 0 Å². The minimum absolute atomic E-state index is 0.119. The van der Waals surface area contributed by atoms with E-state index in [1.165, 1.54) is 19.3 Å². The van der Waals surface area contributed by atoms with Crippen LogP contribution in [0.15, 0.2) is 194 Å². The van der Waals surface area contributed by atoms with Crippen LogP contribution < -0.4 is 0 Å². The lowest BCUT2D eigenvalue weighted by Crippen LogP contribution is -2.30. The summed E-state index contributed by atoms with van der Waals surface area (Å²) in [4.78, 5) is 38.3. The summed E-state index contributed by atoms with van der Waals surface area (Å²) in [7, 11) is 0. The van der Waals surface area contributed by atoms with Gasteiger partial charge >= 0.3 is 17.9 Å². The molecule has 0 spiro atoms. The quantitative estimate of drug-likeness (QED) is 0.0261. The summed E-state index contributed by atoms with van der Waals surface area (Å²) in [5, 5.41) is 0. The van der Waals surface area contributed by atoms with Crippen LogP contribution in [0.4, 0.5) is 0 Å². The molecule has 0 aliphatic rings. The summed E-state index contributed by atoms with van der Waals surface area (Å²) in [5.41, 5.74) is 0. The maximum absolute atomic E-state index is 12.9. The van der Waals surface area contributed by atoms with E-state index >= 15 is 0 Å². The van der Waals surface area contributed by atoms with Crippen molar-refractivity contribution in [2.24, 2.45) is 0 Å². The largest absolute Gasteiger partial charge is 0.462 e. The van der Waals surface area contributed by atoms with Crippen LogP contribution in [-0.4, -0.2) is 37.2 Å². The van der Waals surface area contributed by atoms with E-state index in [0.29, 0.717) is 12.8 Å². The molecule has 0 bridgehead atoms. The predicted octanol–water partition coefficient (Wildman–Crippen LogP) is 22.6. The molecular formula is C76H116O6. The van der Waals surface area contributed by atoms with Crippen molar-refractivity contribution in [2.45, 2.75) is 252 Å². The van der Waals surface area contributed by atoms with Crippen LogP contribution in [0.5, 0.6) is 0 Å². The minimum Gasteiger partial charge on any atom is -0.462 e. The van der Waals surface area contributed by atoms with Crippen LogP contribution in [0, 0.1) is 0 Å². The Morgan fingerprint density at radius 2 is 0.476 bits per heavy atom. The normalized spacial score (nSPS) is 13.5. The zero-order chi connectivity index (χ0) is 59.2. The zero-order valence-electron chi connectivity index (χ0n) is 52.2. The standard InChI is InChI=1S/C76H116O6/c1-4-7-10-13-16-19-22-25-28-30-31-32-33-34-35-36-37-38-39-40-41-42-43-44-45-47-48-51-54-57-60-63-66-69-75(78)81-72-73(71-80-74(77)68-65-62-59-56-53-50-27-24-21-18-15-12-9-6-3)82-76(79)70-67-64-61-58-55-52-49-46-29-26-23-20-17-14-11-8-5-2/h7-8,10-11,15-20,24-29,31-32,34-35,37-38,40-41,43-44,47-49,52,54,57,73H,4-6,9,12-14,21-23,30,33,36,39,42,45-46,50-51,53,55-56,58-72H2,1-3H3/b10-7-,11-8-,18-15-,19-16-,20-17-,27-24-,28-25-,29-26-,32-31-,35-34-,38-37-,41-40-,44-43-,48-47-,52-49-,57-54-. The second-order valence-electron chi connectivity index (χ2n) is 20.5. The van der Waals surface area contributed by atoms with E-state index in [0.717, 1.165) is 180 Å². The van der Waals surface area contributed by atoms with Gasteiger partial charge in [0.25, 0.3) is 0 Å². The number of carbonyl (C=O) groups excluding carboxylic acids is 3. The van der Waals surface area contributed by atoms with E-state index in [-0.39, 0.29) is 44.0 Å². The maximum atomic E-state index is 12.9. The highest BCUT2D eigenvalue weighted by Crippen LogP contribution is 2.12. The number of ether oxygens (including phenoxy) is 3. The molecule has 6 heteroatoms. The predicted molar refractivity (Wildman–Crippen MR) is 357 cm³/mol. The number of carbonyl (C=O) groups is 3. The monoisotopic (exact) mass is 1120 g/mol. The lowest BCUT2D eigenvalue weighted by molar-refractivity contribution is -0.167. The molecule has 0 saturated carbocycles. The van der Waals surface area contributed by atoms with Crippen molar-refractivity contribution >= 4 is 17.9 Å². The van der Waals surface area contributed by atoms with Crippen LogP contribution in [0.2, 0.25) is 0 Å². The second-order valence-corrected chi connectivity index (χ2v) is 20.5. The van der Waals surface area contributed by atoms with Crippen molar-refractivity contribution in [1.29, 1.82) is 0 Å². The van der Waals surface area contributed by atoms with Gasteiger partial charge in [-0.1, -0.05) is 260 Å². The fraction of sp³-hybridized carbons (Fsp3) is 0.539. The second kappa shape index (κ2) is 67.8. The van der Waals surface area contributed by atoms with Gasteiger partial charge in [-0.3, -0.25) is 14.4 Å². The lowest BCUT2D eigenvalue weighted by atomic mass is 10.1. The molecular weight excluding hydrogens is 1010 g/mol. The fourth-order valence-electron chi connectivity index (χ4n) is 8.01. The number of allylic oxidation sites excluding steroid dienone is 32. The average Bonchev–Trinajstić information content (AvgIpc) is 3.47. The van der Waals surface area contributed by atoms with E-state index in [1.807, 2.05) is 0 Å². The molecule has 0 aromatic heterocycles. The van der Waals surface area contributed by atoms with E-state index in [1.54, 1.807) is 0 Å². The topological polar surface area (TPSA) is 78.9 Å². The number of hydrogen-bond donors (Lipinski definition) is 0. The summed E-state index contributed by atoms with van der Waals surface area (Å²) in [6.45, 7) is 6.28. The molecule has 0 saturated heterocycles. The SMILES string of the molecule is CC/C=C\C/C=C\C/C=C\C/C=C\C/C=C\C/C=C\C/C=C\C/C=C\C/C=C\C/C=C\CCCCC(=O)OCC(COC(=O)CCCCCCC/C=C\C/C=C\CCCC)OC(=O)CCCCCC/C=C\C/C=C\C/C=C\C/C=C\CC. The third-order valence-electron chi connectivity index (χ3n) is 12.8. The van der Waals surface area contributed by atoms with Gasteiger partial charge in [-0.15, -0.1) is 0 Å². The van der Waals surface area contributed by atoms with Crippen molar-refractivity contribution in [2.75, 3.05) is 13.2 Å². The first-order valence-corrected chi connectivity index (χ1v) is 32.4. The van der Waals surface area contributed by atoms with Crippen LogP contribution >= 0.6 is 0 Å². The van der Waals surface area contributed by atoms with Crippen molar-refractivity contribution in [3.05, 3.63) is 194 Å². The van der Waals surface area contributed by atoms with Crippen molar-refractivity contribution < 1.29 is 28.6 Å². The Morgan fingerprint density at radius 1 is 0.256 bits per heavy atom. The van der Waals surface area contributed by atoms with Crippen molar-refractivity contribution in [1.82, 2.24) is 0 Å². The molecule has 82 heavy (non-hydrogen) atoms. The lowest BCUT2D eigenvalue weighted by Gasteiger charge is -2.18. The first-order chi connectivity index (χ1) is 40.5. The Morgan fingerprint density at radius 3 is 0.768 bits per heavy atom. The molecule has 0 radical (unpaired) electrons. The third kappa shape index (κ3) is 65.1. The van der Waals surface area contributed by atoms with Gasteiger partial charge in [-0.25, -0.2) is 0 Å². The highest BCUT2D eigenvalue weighted by molar-refractivity contribution is 5.71. The maximum Gasteiger partial charge on any atom is 0.306 e. The fourth-order valence-corrected chi connectivity index (χ4v) is 8.01. The average molecular weight is 1130 g/mol. The first-order valence-electron chi connectivity index (χ1n) is 32.4. The summed E-state index contributed by atoms with van der Waals surface area (Å²) in [5.74, 6) is -1.01. The van der Waals surface area contributed by atoms with Gasteiger partial charge in [-0.2, -0.15) is 0 Å². The van der Waals surface area contributed by atoms with E-state index in [4.69, 9.17) is 14.2 Å². The summed E-state index contributed by atoms with van der Waals surface area (Å²) < 4.78 is 16.8. The minimum atomic E-state index is -0.827. The summed E-state index contributed by atoms with van der Waals surface area (Å²) in [6.07, 6.45) is 103. The van der Waals surface area contributed by atoms with Gasteiger partial charge in [0.2, 0.25) is 0 Å². The van der Waals surface area contributed by atoms with Crippen LogP contribution in [0.25, 0.3) is 0 Å². The molecule has 0 N–H and O–H groups in total. The summed E-state index contributed by atoms with van der Waals surface area (Å²) >= 11 is 0. The molecule has 1 atom stereocenters. The zero-order valence-corrected chi connectivity index (χ0v) is 52.2. The first kappa shape index (κ1) is 76.2. The van der Waals surface area contributed by atoms with E-state index < -0.39 is 6.10 Å². The Bertz CT molecular complexity index is 1970. The van der Waals surface area contributed by atoms with Gasteiger partial charge in [-0.05, 0) is 161 Å². The Balaban J connectivity index is 4.47.